The summed E-state index contributed by atoms with van der Waals surface area (Å²) in [7, 11) is 4.37. The number of ether oxygens (including phenoxy) is 1. The number of rotatable bonds is 9. The number of aliphatic hydroxyl groups excluding tert-OH is 1. The van der Waals surface area contributed by atoms with Crippen molar-refractivity contribution in [3.8, 4) is 0 Å². The van der Waals surface area contributed by atoms with E-state index < -0.39 is 0 Å². The fraction of sp³-hybridized carbons (Fsp3) is 0.750. The summed E-state index contributed by atoms with van der Waals surface area (Å²) in [5, 5.41) is 10.5. The Morgan fingerprint density at radius 2 is 1.63 bits per heavy atom. The largest absolute Gasteiger partial charge is 0.385 e. The maximum absolute atomic E-state index is 10.5. The van der Waals surface area contributed by atoms with Crippen molar-refractivity contribution < 1.29 is 14.3 Å². The van der Waals surface area contributed by atoms with E-state index in [0.29, 0.717) is 12.0 Å². The van der Waals surface area contributed by atoms with Crippen molar-refractivity contribution in [2.75, 3.05) is 33.9 Å². The summed E-state index contributed by atoms with van der Waals surface area (Å²) in [6.07, 6.45) is 9.70. The van der Waals surface area contributed by atoms with Crippen molar-refractivity contribution in [2.45, 2.75) is 57.6 Å². The van der Waals surface area contributed by atoms with Gasteiger partial charge in [0, 0.05) is 12.2 Å². The molecule has 0 unspecified atom stereocenters. The van der Waals surface area contributed by atoms with Gasteiger partial charge in [-0.3, -0.25) is 0 Å². The molecule has 4 saturated carbocycles. The van der Waals surface area contributed by atoms with E-state index in [4.69, 9.17) is 4.74 Å². The molecular weight excluding hydrogens is 334 g/mol. The van der Waals surface area contributed by atoms with Crippen molar-refractivity contribution >= 4 is 0 Å². The highest BCUT2D eigenvalue weighted by Gasteiger charge is 2.50. The van der Waals surface area contributed by atoms with E-state index in [-0.39, 0.29) is 6.10 Å². The molecule has 1 aromatic rings. The van der Waals surface area contributed by atoms with E-state index in [2.05, 4.69) is 44.4 Å². The van der Waals surface area contributed by atoms with Gasteiger partial charge in [-0.1, -0.05) is 30.3 Å². The molecule has 0 saturated heterocycles. The Bertz CT molecular complexity index is 577. The van der Waals surface area contributed by atoms with Crippen LogP contribution in [0.5, 0.6) is 0 Å². The van der Waals surface area contributed by atoms with Gasteiger partial charge in [-0.15, -0.1) is 0 Å². The van der Waals surface area contributed by atoms with Gasteiger partial charge in [0.25, 0.3) is 0 Å². The third-order valence-electron chi connectivity index (χ3n) is 7.41. The van der Waals surface area contributed by atoms with Crippen LogP contribution in [0.15, 0.2) is 30.3 Å². The first kappa shape index (κ1) is 19.4. The first-order chi connectivity index (χ1) is 12.9. The Morgan fingerprint density at radius 3 is 2.22 bits per heavy atom. The van der Waals surface area contributed by atoms with Gasteiger partial charge in [0.2, 0.25) is 0 Å². The van der Waals surface area contributed by atoms with Crippen LogP contribution in [-0.2, 0) is 11.3 Å². The van der Waals surface area contributed by atoms with E-state index in [9.17, 15) is 5.11 Å². The maximum Gasteiger partial charge on any atom is 0.126 e. The molecule has 1 atom stereocenters. The fourth-order valence-electron chi connectivity index (χ4n) is 6.87. The molecule has 3 heteroatoms. The average Bonchev–Trinajstić information content (AvgIpc) is 2.57. The summed E-state index contributed by atoms with van der Waals surface area (Å²) in [6.45, 7) is 2.97. The van der Waals surface area contributed by atoms with Gasteiger partial charge in [0.05, 0.1) is 20.7 Å². The third-order valence-corrected chi connectivity index (χ3v) is 7.41. The van der Waals surface area contributed by atoms with E-state index in [0.717, 1.165) is 41.9 Å². The number of likely N-dealkylation sites (N-methyl/N-ethyl adjacent to an activating group) is 1. The Labute approximate surface area is 165 Å². The van der Waals surface area contributed by atoms with Crippen LogP contribution in [0.1, 0.15) is 50.5 Å². The standard InChI is InChI=1S/C24H38NO2/c1-25(2,16-19-6-4-3-5-7-19)17-23(26)18-27-9-8-24-13-20-10-21(14-24)12-22(11-20)15-24/h3-7,20-23,26H,8-18H2,1-2H3/q+1/t20?,21?,22?,23-,24?/m0/s1. The Morgan fingerprint density at radius 1 is 1.04 bits per heavy atom. The molecule has 0 aliphatic heterocycles. The molecule has 27 heavy (non-hydrogen) atoms. The molecule has 3 nitrogen and oxygen atoms in total. The molecule has 4 bridgehead atoms. The maximum atomic E-state index is 10.5. The normalized spacial score (nSPS) is 33.4. The van der Waals surface area contributed by atoms with Gasteiger partial charge >= 0.3 is 0 Å². The number of quaternary nitrogens is 1. The molecule has 0 amide bonds. The highest BCUT2D eigenvalue weighted by Crippen LogP contribution is 2.61. The lowest BCUT2D eigenvalue weighted by Gasteiger charge is -2.57. The number of hydrogen-bond acceptors (Lipinski definition) is 2. The van der Waals surface area contributed by atoms with Crippen molar-refractivity contribution in [1.29, 1.82) is 0 Å². The van der Waals surface area contributed by atoms with E-state index >= 15 is 0 Å². The third kappa shape index (κ3) is 4.93. The zero-order valence-corrected chi connectivity index (χ0v) is 17.3. The summed E-state index contributed by atoms with van der Waals surface area (Å²) in [6, 6.07) is 10.5. The highest BCUT2D eigenvalue weighted by molar-refractivity contribution is 5.13. The Hall–Kier alpha value is -0.900. The van der Waals surface area contributed by atoms with Crippen molar-refractivity contribution in [2.24, 2.45) is 23.2 Å². The van der Waals surface area contributed by atoms with Crippen LogP contribution in [0, 0.1) is 23.2 Å². The zero-order valence-electron chi connectivity index (χ0n) is 17.3. The van der Waals surface area contributed by atoms with Gasteiger partial charge in [0.1, 0.15) is 19.2 Å². The van der Waals surface area contributed by atoms with Crippen LogP contribution in [0.2, 0.25) is 0 Å². The Balaban J connectivity index is 1.18. The zero-order chi connectivity index (χ0) is 18.9. The van der Waals surface area contributed by atoms with Crippen LogP contribution in [0.25, 0.3) is 0 Å². The predicted octanol–water partition coefficient (Wildman–Crippen LogP) is 4.25. The topological polar surface area (TPSA) is 29.5 Å². The van der Waals surface area contributed by atoms with Crippen LogP contribution in [-0.4, -0.2) is 49.5 Å². The summed E-state index contributed by atoms with van der Waals surface area (Å²) in [5.41, 5.74) is 1.90. The molecule has 150 valence electrons. The predicted molar refractivity (Wildman–Crippen MR) is 109 cm³/mol. The second kappa shape index (κ2) is 7.85. The highest BCUT2D eigenvalue weighted by atomic mass is 16.5. The monoisotopic (exact) mass is 372 g/mol. The minimum atomic E-state index is -0.389. The SMILES string of the molecule is C[N+](C)(Cc1ccccc1)C[C@H](O)COCCC12CC3CC(CC(C3)C1)C2. The van der Waals surface area contributed by atoms with Crippen LogP contribution >= 0.6 is 0 Å². The van der Waals surface area contributed by atoms with Crippen molar-refractivity contribution in [3.05, 3.63) is 35.9 Å². The van der Waals surface area contributed by atoms with Crippen LogP contribution < -0.4 is 0 Å². The molecule has 0 heterocycles. The summed E-state index contributed by atoms with van der Waals surface area (Å²) in [4.78, 5) is 0. The first-order valence-corrected chi connectivity index (χ1v) is 11.0. The molecule has 0 spiro atoms. The molecule has 5 rings (SSSR count). The molecule has 1 N–H and O–H groups in total. The van der Waals surface area contributed by atoms with E-state index in [1.165, 1.54) is 50.5 Å². The quantitative estimate of drug-likeness (QED) is 0.519. The number of aliphatic hydroxyl groups is 1. The van der Waals surface area contributed by atoms with Gasteiger partial charge in [-0.25, -0.2) is 0 Å². The summed E-state index contributed by atoms with van der Waals surface area (Å²) in [5.74, 6) is 3.04. The van der Waals surface area contributed by atoms with Crippen LogP contribution in [0.3, 0.4) is 0 Å². The van der Waals surface area contributed by atoms with Crippen molar-refractivity contribution in [1.82, 2.24) is 0 Å². The lowest BCUT2D eigenvalue weighted by atomic mass is 9.49. The average molecular weight is 373 g/mol. The van der Waals surface area contributed by atoms with Gasteiger partial charge < -0.3 is 14.3 Å². The minimum Gasteiger partial charge on any atom is -0.385 e. The summed E-state index contributed by atoms with van der Waals surface area (Å²) < 4.78 is 6.75. The molecule has 4 aliphatic rings. The molecule has 0 aromatic heterocycles. The fourth-order valence-corrected chi connectivity index (χ4v) is 6.87. The molecule has 0 radical (unpaired) electrons. The minimum absolute atomic E-state index is 0.389. The van der Waals surface area contributed by atoms with Crippen LogP contribution in [0.4, 0.5) is 0 Å². The lowest BCUT2D eigenvalue weighted by Crippen LogP contribution is -2.47. The first-order valence-electron chi connectivity index (χ1n) is 11.0. The van der Waals surface area contributed by atoms with E-state index in [1.807, 2.05) is 0 Å². The second-order valence-electron chi connectivity index (χ2n) is 10.7. The number of benzene rings is 1. The number of hydrogen-bond donors (Lipinski definition) is 1. The molecular formula is C24H38NO2+. The second-order valence-corrected chi connectivity index (χ2v) is 10.7. The van der Waals surface area contributed by atoms with Gasteiger partial charge in [-0.2, -0.15) is 0 Å². The van der Waals surface area contributed by atoms with Gasteiger partial charge in [-0.05, 0) is 68.1 Å². The molecule has 1 aromatic carbocycles. The number of nitrogens with zero attached hydrogens (tertiary/aromatic N) is 1. The molecule has 4 aliphatic carbocycles. The Kier molecular flexibility index (Phi) is 5.64. The van der Waals surface area contributed by atoms with Gasteiger partial charge in [0.15, 0.2) is 0 Å². The summed E-state index contributed by atoms with van der Waals surface area (Å²) >= 11 is 0. The smallest absolute Gasteiger partial charge is 0.126 e. The van der Waals surface area contributed by atoms with E-state index in [1.54, 1.807) is 0 Å². The molecule has 4 fully saturated rings. The lowest BCUT2D eigenvalue weighted by molar-refractivity contribution is -0.906. The van der Waals surface area contributed by atoms with Crippen molar-refractivity contribution in [3.63, 3.8) is 0 Å².